The molecule has 1 aromatic carbocycles. The third kappa shape index (κ3) is 2.88. The van der Waals surface area contributed by atoms with Gasteiger partial charge in [-0.3, -0.25) is 0 Å². The molecule has 118 valence electrons. The van der Waals surface area contributed by atoms with Gasteiger partial charge in [-0.2, -0.15) is 5.10 Å². The van der Waals surface area contributed by atoms with Gasteiger partial charge in [0.15, 0.2) is 17.1 Å². The third-order valence-corrected chi connectivity index (χ3v) is 3.43. The average Bonchev–Trinajstić information content (AvgIpc) is 2.98. The Morgan fingerprint density at radius 1 is 1.17 bits per heavy atom. The second-order valence-corrected chi connectivity index (χ2v) is 5.36. The van der Waals surface area contributed by atoms with Crippen molar-refractivity contribution in [2.45, 2.75) is 19.9 Å². The fraction of sp³-hybridized carbons (Fsp3) is 0.235. The van der Waals surface area contributed by atoms with E-state index in [1.165, 1.54) is 13.3 Å². The first-order chi connectivity index (χ1) is 11.1. The molecule has 0 aliphatic heterocycles. The Kier molecular flexibility index (Phi) is 3.97. The zero-order valence-electron chi connectivity index (χ0n) is 13.2. The van der Waals surface area contributed by atoms with E-state index in [0.29, 0.717) is 17.1 Å². The molecule has 0 aliphatic rings. The standard InChI is InChI=1S/C17H17N3O3/c1-11(2)20-16-12(10-19-20)8-13(9-18-16)17(21)23-15-7-5-4-6-14(15)22-3/h4-11H,1-3H3. The molecular formula is C17H17N3O3. The molecule has 0 amide bonds. The molecule has 0 saturated heterocycles. The minimum Gasteiger partial charge on any atom is -0.493 e. The van der Waals surface area contributed by atoms with Crippen molar-refractivity contribution >= 4 is 17.0 Å². The summed E-state index contributed by atoms with van der Waals surface area (Å²) in [5.41, 5.74) is 1.11. The van der Waals surface area contributed by atoms with Gasteiger partial charge in [-0.15, -0.1) is 0 Å². The molecule has 2 heterocycles. The lowest BCUT2D eigenvalue weighted by Gasteiger charge is -2.09. The maximum Gasteiger partial charge on any atom is 0.345 e. The summed E-state index contributed by atoms with van der Waals surface area (Å²) < 4.78 is 12.4. The second-order valence-electron chi connectivity index (χ2n) is 5.36. The lowest BCUT2D eigenvalue weighted by molar-refractivity contribution is 0.0729. The molecule has 6 heteroatoms. The van der Waals surface area contributed by atoms with Crippen molar-refractivity contribution in [3.8, 4) is 11.5 Å². The summed E-state index contributed by atoms with van der Waals surface area (Å²) in [6.07, 6.45) is 3.20. The van der Waals surface area contributed by atoms with Gasteiger partial charge < -0.3 is 9.47 Å². The van der Waals surface area contributed by atoms with E-state index in [1.807, 2.05) is 24.6 Å². The van der Waals surface area contributed by atoms with Gasteiger partial charge in [-0.25, -0.2) is 14.5 Å². The van der Waals surface area contributed by atoms with E-state index < -0.39 is 5.97 Å². The number of benzene rings is 1. The zero-order chi connectivity index (χ0) is 16.4. The molecule has 2 aromatic heterocycles. The molecule has 3 aromatic rings. The zero-order valence-corrected chi connectivity index (χ0v) is 13.2. The highest BCUT2D eigenvalue weighted by Gasteiger charge is 2.15. The van der Waals surface area contributed by atoms with Crippen molar-refractivity contribution in [1.29, 1.82) is 0 Å². The van der Waals surface area contributed by atoms with Crippen LogP contribution in [0.25, 0.3) is 11.0 Å². The van der Waals surface area contributed by atoms with Crippen LogP contribution in [-0.4, -0.2) is 27.8 Å². The topological polar surface area (TPSA) is 66.2 Å². The van der Waals surface area contributed by atoms with Crippen LogP contribution < -0.4 is 9.47 Å². The summed E-state index contributed by atoms with van der Waals surface area (Å²) in [4.78, 5) is 16.7. The molecule has 0 atom stereocenters. The maximum atomic E-state index is 12.3. The molecule has 23 heavy (non-hydrogen) atoms. The van der Waals surface area contributed by atoms with Crippen molar-refractivity contribution in [1.82, 2.24) is 14.8 Å². The average molecular weight is 311 g/mol. The van der Waals surface area contributed by atoms with E-state index in [4.69, 9.17) is 9.47 Å². The molecule has 0 unspecified atom stereocenters. The lowest BCUT2D eigenvalue weighted by Crippen LogP contribution is -2.10. The van der Waals surface area contributed by atoms with Crippen LogP contribution in [0.4, 0.5) is 0 Å². The number of carbonyl (C=O) groups excluding carboxylic acids is 1. The Morgan fingerprint density at radius 3 is 2.61 bits per heavy atom. The van der Waals surface area contributed by atoms with Crippen LogP contribution in [0, 0.1) is 0 Å². The Bertz CT molecular complexity index is 855. The van der Waals surface area contributed by atoms with E-state index in [9.17, 15) is 4.79 Å². The van der Waals surface area contributed by atoms with Crippen LogP contribution in [0.1, 0.15) is 30.2 Å². The Balaban J connectivity index is 1.89. The summed E-state index contributed by atoms with van der Waals surface area (Å²) >= 11 is 0. The van der Waals surface area contributed by atoms with Crippen LogP contribution >= 0.6 is 0 Å². The summed E-state index contributed by atoms with van der Waals surface area (Å²) in [5.74, 6) is 0.390. The normalized spacial score (nSPS) is 11.0. The molecular weight excluding hydrogens is 294 g/mol. The van der Waals surface area contributed by atoms with E-state index in [-0.39, 0.29) is 6.04 Å². The summed E-state index contributed by atoms with van der Waals surface area (Å²) in [7, 11) is 1.53. The van der Waals surface area contributed by atoms with Gasteiger partial charge in [0, 0.05) is 17.6 Å². The Morgan fingerprint density at radius 2 is 1.91 bits per heavy atom. The SMILES string of the molecule is COc1ccccc1OC(=O)c1cnc2c(cnn2C(C)C)c1. The van der Waals surface area contributed by atoms with Crippen LogP contribution in [0.2, 0.25) is 0 Å². The van der Waals surface area contributed by atoms with Gasteiger partial charge in [0.25, 0.3) is 0 Å². The molecule has 0 spiro atoms. The fourth-order valence-electron chi connectivity index (χ4n) is 2.29. The van der Waals surface area contributed by atoms with Gasteiger partial charge in [0.05, 0.1) is 18.9 Å². The number of hydrogen-bond acceptors (Lipinski definition) is 5. The van der Waals surface area contributed by atoms with E-state index in [2.05, 4.69) is 10.1 Å². The number of nitrogens with zero attached hydrogens (tertiary/aromatic N) is 3. The molecule has 6 nitrogen and oxygen atoms in total. The second kappa shape index (κ2) is 6.08. The number of esters is 1. The maximum absolute atomic E-state index is 12.3. The first-order valence-corrected chi connectivity index (χ1v) is 7.28. The summed E-state index contributed by atoms with van der Waals surface area (Å²) in [6, 6.07) is 8.93. The van der Waals surface area contributed by atoms with E-state index >= 15 is 0 Å². The Hall–Kier alpha value is -2.89. The predicted octanol–water partition coefficient (Wildman–Crippen LogP) is 3.24. The molecule has 0 fully saturated rings. The van der Waals surface area contributed by atoms with Crippen molar-refractivity contribution in [2.24, 2.45) is 0 Å². The highest BCUT2D eigenvalue weighted by Crippen LogP contribution is 2.27. The number of ether oxygens (including phenoxy) is 2. The minimum absolute atomic E-state index is 0.200. The number of pyridine rings is 1. The fourth-order valence-corrected chi connectivity index (χ4v) is 2.29. The molecule has 0 N–H and O–H groups in total. The number of aromatic nitrogens is 3. The van der Waals surface area contributed by atoms with Crippen LogP contribution in [0.15, 0.2) is 42.7 Å². The lowest BCUT2D eigenvalue weighted by atomic mass is 10.2. The van der Waals surface area contributed by atoms with Gasteiger partial charge >= 0.3 is 5.97 Å². The third-order valence-electron chi connectivity index (χ3n) is 3.43. The largest absolute Gasteiger partial charge is 0.493 e. The van der Waals surface area contributed by atoms with Crippen LogP contribution in [0.3, 0.4) is 0 Å². The molecule has 0 bridgehead atoms. The van der Waals surface area contributed by atoms with Crippen molar-refractivity contribution in [3.63, 3.8) is 0 Å². The van der Waals surface area contributed by atoms with Gasteiger partial charge in [-0.1, -0.05) is 12.1 Å². The quantitative estimate of drug-likeness (QED) is 0.546. The first kappa shape index (κ1) is 15.0. The number of rotatable bonds is 4. The number of carbonyl (C=O) groups is 1. The molecule has 0 radical (unpaired) electrons. The van der Waals surface area contributed by atoms with E-state index in [1.54, 1.807) is 30.5 Å². The summed E-state index contributed by atoms with van der Waals surface area (Å²) in [6.45, 7) is 4.05. The smallest absolute Gasteiger partial charge is 0.345 e. The number of hydrogen-bond donors (Lipinski definition) is 0. The summed E-state index contributed by atoms with van der Waals surface area (Å²) in [5, 5.41) is 5.09. The van der Waals surface area contributed by atoms with Gasteiger partial charge in [-0.05, 0) is 32.0 Å². The Labute approximate surface area is 133 Å². The number of para-hydroxylation sites is 2. The predicted molar refractivity (Wildman–Crippen MR) is 85.9 cm³/mol. The number of methoxy groups -OCH3 is 1. The van der Waals surface area contributed by atoms with Gasteiger partial charge in [0.1, 0.15) is 0 Å². The van der Waals surface area contributed by atoms with Crippen LogP contribution in [0.5, 0.6) is 11.5 Å². The minimum atomic E-state index is -0.485. The number of fused-ring (bicyclic) bond motifs is 1. The van der Waals surface area contributed by atoms with Crippen molar-refractivity contribution in [2.75, 3.05) is 7.11 Å². The first-order valence-electron chi connectivity index (χ1n) is 7.28. The molecule has 0 saturated carbocycles. The monoisotopic (exact) mass is 311 g/mol. The van der Waals surface area contributed by atoms with Crippen molar-refractivity contribution < 1.29 is 14.3 Å². The van der Waals surface area contributed by atoms with Gasteiger partial charge in [0.2, 0.25) is 0 Å². The molecule has 0 aliphatic carbocycles. The highest BCUT2D eigenvalue weighted by atomic mass is 16.6. The molecule has 3 rings (SSSR count). The van der Waals surface area contributed by atoms with E-state index in [0.717, 1.165) is 11.0 Å². The van der Waals surface area contributed by atoms with Crippen LogP contribution in [-0.2, 0) is 0 Å². The van der Waals surface area contributed by atoms with Crippen molar-refractivity contribution in [3.05, 3.63) is 48.3 Å². The highest BCUT2D eigenvalue weighted by molar-refractivity contribution is 5.94.